The highest BCUT2D eigenvalue weighted by molar-refractivity contribution is 7.89. The molecule has 216 valence electrons. The van der Waals surface area contributed by atoms with E-state index in [1.54, 1.807) is 21.6 Å². The van der Waals surface area contributed by atoms with Crippen LogP contribution in [0.3, 0.4) is 0 Å². The average Bonchev–Trinajstić information content (AvgIpc) is 3.33. The molecule has 1 atom stereocenters. The molecule has 0 saturated carbocycles. The molecular formula is C24H32F3N5O5S2. The van der Waals surface area contributed by atoms with Crippen LogP contribution < -0.4 is 14.8 Å². The van der Waals surface area contributed by atoms with Gasteiger partial charge in [-0.05, 0) is 49.2 Å². The first-order chi connectivity index (χ1) is 18.0. The van der Waals surface area contributed by atoms with Crippen molar-refractivity contribution in [3.8, 4) is 0 Å². The average molecular weight is 592 g/mol. The van der Waals surface area contributed by atoms with Crippen molar-refractivity contribution in [1.82, 2.24) is 19.5 Å². The molecule has 1 saturated heterocycles. The highest BCUT2D eigenvalue weighted by Crippen LogP contribution is 2.37. The number of nitrogens with zero attached hydrogens (tertiary/aromatic N) is 3. The van der Waals surface area contributed by atoms with Crippen molar-refractivity contribution < 1.29 is 34.8 Å². The minimum atomic E-state index is -4.96. The molecule has 1 aliphatic rings. The minimum absolute atomic E-state index is 0.124. The largest absolute Gasteiger partial charge is 0.418 e. The van der Waals surface area contributed by atoms with Crippen LogP contribution in [0.25, 0.3) is 0 Å². The van der Waals surface area contributed by atoms with Gasteiger partial charge in [0.2, 0.25) is 26.0 Å². The monoisotopic (exact) mass is 591 g/mol. The molecule has 2 N–H and O–H groups in total. The lowest BCUT2D eigenvalue weighted by atomic mass is 10.0. The van der Waals surface area contributed by atoms with E-state index >= 15 is 0 Å². The molecule has 0 aliphatic carbocycles. The molecule has 1 fully saturated rings. The molecule has 15 heteroatoms. The number of rotatable bonds is 11. The first-order valence-corrected chi connectivity index (χ1v) is 15.8. The lowest BCUT2D eigenvalue weighted by Gasteiger charge is -2.32. The summed E-state index contributed by atoms with van der Waals surface area (Å²) in [5.74, 6) is -0.382. The molecule has 10 nitrogen and oxygen atoms in total. The van der Waals surface area contributed by atoms with Crippen molar-refractivity contribution in [3.05, 3.63) is 65.2 Å². The summed E-state index contributed by atoms with van der Waals surface area (Å²) < 4.78 is 88.8. The standard InChI is InChI=1S/C24H32F3N5O5S2/c1-30(22(17-31-13-7-8-14-31)19-9-5-4-6-10-19)23(33)16-18-11-12-20(24(25,26)27)21(15-18)32(28-38(2,34)35)29-39(3,36)37/h4-6,9-12,15,22,28-29H,7-8,13-14,16-17H2,1-3H3/t22-/m1/s1. The number of carbonyl (C=O) groups is 1. The van der Waals surface area contributed by atoms with E-state index in [9.17, 15) is 34.8 Å². The Morgan fingerprint density at radius 3 is 2.05 bits per heavy atom. The molecule has 0 aromatic heterocycles. The lowest BCUT2D eigenvalue weighted by molar-refractivity contribution is -0.137. The Kier molecular flexibility index (Phi) is 9.64. The molecule has 0 radical (unpaired) electrons. The third-order valence-corrected chi connectivity index (χ3v) is 7.18. The van der Waals surface area contributed by atoms with Gasteiger partial charge >= 0.3 is 6.18 Å². The number of likely N-dealkylation sites (N-methyl/N-ethyl adjacent to an activating group) is 1. The third kappa shape index (κ3) is 9.17. The van der Waals surface area contributed by atoms with Crippen molar-refractivity contribution >= 4 is 31.6 Å². The number of benzene rings is 2. The molecule has 2 aromatic rings. The summed E-state index contributed by atoms with van der Waals surface area (Å²) in [6.07, 6.45) is -1.83. The fourth-order valence-corrected chi connectivity index (χ4v) is 5.38. The first-order valence-electron chi connectivity index (χ1n) is 12.0. The quantitative estimate of drug-likeness (QED) is 0.385. The van der Waals surface area contributed by atoms with Crippen LogP contribution in [0.15, 0.2) is 48.5 Å². The van der Waals surface area contributed by atoms with Crippen molar-refractivity contribution in [2.24, 2.45) is 0 Å². The van der Waals surface area contributed by atoms with E-state index in [0.29, 0.717) is 25.1 Å². The van der Waals surface area contributed by atoms with E-state index in [1.807, 2.05) is 30.3 Å². The van der Waals surface area contributed by atoms with Crippen LogP contribution in [0, 0.1) is 0 Å². The molecule has 39 heavy (non-hydrogen) atoms. The van der Waals surface area contributed by atoms with Crippen LogP contribution in [0.2, 0.25) is 0 Å². The van der Waals surface area contributed by atoms with Crippen molar-refractivity contribution in [1.29, 1.82) is 0 Å². The summed E-state index contributed by atoms with van der Waals surface area (Å²) in [7, 11) is -6.79. The Bertz CT molecular complexity index is 1330. The van der Waals surface area contributed by atoms with E-state index < -0.39 is 37.5 Å². The van der Waals surface area contributed by atoms with Crippen LogP contribution >= 0.6 is 0 Å². The molecule has 0 spiro atoms. The molecule has 1 heterocycles. The van der Waals surface area contributed by atoms with Gasteiger partial charge in [-0.3, -0.25) is 4.79 Å². The lowest BCUT2D eigenvalue weighted by Crippen LogP contribution is -2.53. The maximum Gasteiger partial charge on any atom is 0.418 e. The molecule has 1 aliphatic heterocycles. The predicted molar refractivity (Wildman–Crippen MR) is 141 cm³/mol. The summed E-state index contributed by atoms with van der Waals surface area (Å²) >= 11 is 0. The minimum Gasteiger partial charge on any atom is -0.337 e. The number of hydrogen-bond donors (Lipinski definition) is 2. The van der Waals surface area contributed by atoms with E-state index in [0.717, 1.165) is 43.6 Å². The number of halogens is 3. The van der Waals surface area contributed by atoms with Crippen LogP contribution in [0.4, 0.5) is 18.9 Å². The second-order valence-corrected chi connectivity index (χ2v) is 13.0. The van der Waals surface area contributed by atoms with E-state index in [4.69, 9.17) is 0 Å². The molecule has 3 rings (SSSR count). The number of anilines is 1. The van der Waals surface area contributed by atoms with Gasteiger partial charge in [0.25, 0.3) is 0 Å². The Morgan fingerprint density at radius 2 is 1.54 bits per heavy atom. The number of alkyl halides is 3. The molecular weight excluding hydrogens is 559 g/mol. The summed E-state index contributed by atoms with van der Waals surface area (Å²) in [5.41, 5.74) is -1.11. The Morgan fingerprint density at radius 1 is 0.974 bits per heavy atom. The molecule has 0 bridgehead atoms. The number of hydrogen-bond acceptors (Lipinski definition) is 7. The number of likely N-dealkylation sites (tertiary alicyclic amines) is 1. The zero-order valence-electron chi connectivity index (χ0n) is 21.8. The van der Waals surface area contributed by atoms with Gasteiger partial charge in [0.1, 0.15) is 0 Å². The van der Waals surface area contributed by atoms with Crippen LogP contribution in [0.5, 0.6) is 0 Å². The zero-order chi connectivity index (χ0) is 29.0. The van der Waals surface area contributed by atoms with Gasteiger partial charge in [0, 0.05) is 13.6 Å². The second kappa shape index (κ2) is 12.2. The van der Waals surface area contributed by atoms with E-state index in [-0.39, 0.29) is 29.1 Å². The third-order valence-electron chi connectivity index (χ3n) is 6.15. The van der Waals surface area contributed by atoms with Gasteiger partial charge in [-0.15, -0.1) is 9.66 Å². The number of nitrogens with one attached hydrogen (secondary N) is 2. The summed E-state index contributed by atoms with van der Waals surface area (Å²) in [6.45, 7) is 2.41. The fourth-order valence-electron chi connectivity index (χ4n) is 4.37. The van der Waals surface area contributed by atoms with E-state index in [1.165, 1.54) is 0 Å². The highest BCUT2D eigenvalue weighted by atomic mass is 32.2. The van der Waals surface area contributed by atoms with Gasteiger partial charge in [-0.1, -0.05) is 36.4 Å². The summed E-state index contributed by atoms with van der Waals surface area (Å²) in [4.78, 5) is 20.7. The van der Waals surface area contributed by atoms with Crippen molar-refractivity contribution in [2.45, 2.75) is 31.5 Å². The summed E-state index contributed by atoms with van der Waals surface area (Å²) in [5, 5.41) is 0.172. The Labute approximate surface area is 226 Å². The fraction of sp³-hybridized carbons (Fsp3) is 0.458. The SMILES string of the molecule is CN(C(=O)Cc1ccc(C(F)(F)F)c(N(NS(C)(=O)=O)NS(C)(=O)=O)c1)[C@H](CN1CCCC1)c1ccccc1. The van der Waals surface area contributed by atoms with Gasteiger partial charge in [-0.2, -0.15) is 13.2 Å². The van der Waals surface area contributed by atoms with Crippen LogP contribution in [-0.4, -0.2) is 71.7 Å². The van der Waals surface area contributed by atoms with Gasteiger partial charge < -0.3 is 9.80 Å². The van der Waals surface area contributed by atoms with Crippen molar-refractivity contribution in [2.75, 3.05) is 44.3 Å². The van der Waals surface area contributed by atoms with Gasteiger partial charge in [0.15, 0.2) is 0 Å². The van der Waals surface area contributed by atoms with Crippen molar-refractivity contribution in [3.63, 3.8) is 0 Å². The predicted octanol–water partition coefficient (Wildman–Crippen LogP) is 2.28. The topological polar surface area (TPSA) is 119 Å². The van der Waals surface area contributed by atoms with Gasteiger partial charge in [0.05, 0.1) is 36.2 Å². The Balaban J connectivity index is 1.95. The van der Waals surface area contributed by atoms with Crippen LogP contribution in [0.1, 0.15) is 35.6 Å². The van der Waals surface area contributed by atoms with Gasteiger partial charge in [-0.25, -0.2) is 22.0 Å². The second-order valence-electron chi connectivity index (χ2n) is 9.53. The number of hydrazine groups is 2. The number of sulfonamides is 2. The Hall–Kier alpha value is -2.72. The number of amides is 1. The van der Waals surface area contributed by atoms with Crippen LogP contribution in [-0.2, 0) is 37.4 Å². The first kappa shape index (κ1) is 30.8. The van der Waals surface area contributed by atoms with E-state index in [2.05, 4.69) is 4.90 Å². The number of carbonyl (C=O) groups excluding carboxylic acids is 1. The molecule has 1 amide bonds. The smallest absolute Gasteiger partial charge is 0.337 e. The normalized spacial score (nSPS) is 15.7. The maximum atomic E-state index is 13.8. The highest BCUT2D eigenvalue weighted by Gasteiger charge is 2.36. The summed E-state index contributed by atoms with van der Waals surface area (Å²) in [6, 6.07) is 11.8. The zero-order valence-corrected chi connectivity index (χ0v) is 23.4. The molecule has 2 aromatic carbocycles. The maximum absolute atomic E-state index is 13.8. The molecule has 0 unspecified atom stereocenters.